The lowest BCUT2D eigenvalue weighted by atomic mass is 10.3. The first kappa shape index (κ1) is 16.9. The molecule has 0 spiro atoms. The zero-order valence-corrected chi connectivity index (χ0v) is 12.7. The van der Waals surface area contributed by atoms with Gasteiger partial charge in [0.05, 0.1) is 15.1 Å². The lowest BCUT2D eigenvalue weighted by Crippen LogP contribution is -2.30. The van der Waals surface area contributed by atoms with Gasteiger partial charge in [0.25, 0.3) is 5.91 Å². The molecule has 0 heterocycles. The molecular formula is C12H13Cl3N2O3. The van der Waals surface area contributed by atoms with E-state index in [4.69, 9.17) is 45.3 Å². The number of carbonyl (C=O) groups excluding carboxylic acids is 2. The summed E-state index contributed by atoms with van der Waals surface area (Å²) in [6, 6.07) is 2.87. The van der Waals surface area contributed by atoms with E-state index in [1.54, 1.807) is 0 Å². The van der Waals surface area contributed by atoms with Crippen LogP contribution in [0.1, 0.15) is 12.8 Å². The van der Waals surface area contributed by atoms with Crippen LogP contribution in [0.4, 0.5) is 0 Å². The van der Waals surface area contributed by atoms with Gasteiger partial charge in [-0.15, -0.1) is 0 Å². The summed E-state index contributed by atoms with van der Waals surface area (Å²) < 4.78 is 5.23. The molecule has 0 unspecified atom stereocenters. The van der Waals surface area contributed by atoms with Gasteiger partial charge in [0.2, 0.25) is 5.91 Å². The zero-order chi connectivity index (χ0) is 15.1. The van der Waals surface area contributed by atoms with E-state index in [-0.39, 0.29) is 34.7 Å². The van der Waals surface area contributed by atoms with Crippen LogP contribution < -0.4 is 15.8 Å². The Kier molecular flexibility index (Phi) is 6.91. The normalized spacial score (nSPS) is 10.2. The predicted octanol–water partition coefficient (Wildman–Crippen LogP) is 2.41. The monoisotopic (exact) mass is 338 g/mol. The van der Waals surface area contributed by atoms with Crippen LogP contribution in [0.25, 0.3) is 0 Å². The number of benzene rings is 1. The van der Waals surface area contributed by atoms with Crippen LogP contribution in [0.15, 0.2) is 12.1 Å². The molecule has 3 N–H and O–H groups in total. The highest BCUT2D eigenvalue weighted by Gasteiger charge is 2.09. The fourth-order valence-corrected chi connectivity index (χ4v) is 1.89. The van der Waals surface area contributed by atoms with Gasteiger partial charge in [-0.25, -0.2) is 0 Å². The minimum absolute atomic E-state index is 0.214. The number of nitrogens with two attached hydrogens (primary N) is 1. The molecule has 0 saturated carbocycles. The van der Waals surface area contributed by atoms with Gasteiger partial charge in [0.1, 0.15) is 5.75 Å². The summed E-state index contributed by atoms with van der Waals surface area (Å²) in [5, 5.41) is 3.44. The number of primary amides is 1. The molecule has 0 atom stereocenters. The maximum absolute atomic E-state index is 11.5. The van der Waals surface area contributed by atoms with E-state index < -0.39 is 5.91 Å². The zero-order valence-electron chi connectivity index (χ0n) is 10.4. The molecule has 0 bridgehead atoms. The second-order valence-corrected chi connectivity index (χ2v) is 5.13. The van der Waals surface area contributed by atoms with Gasteiger partial charge < -0.3 is 15.8 Å². The highest BCUT2D eigenvalue weighted by Crippen LogP contribution is 2.33. The van der Waals surface area contributed by atoms with E-state index in [0.29, 0.717) is 18.0 Å². The Hall–Kier alpha value is -1.17. The first-order valence-electron chi connectivity index (χ1n) is 5.72. The Balaban J connectivity index is 2.37. The van der Waals surface area contributed by atoms with Gasteiger partial charge in [0, 0.05) is 19.0 Å². The average Bonchev–Trinajstić information content (AvgIpc) is 2.37. The summed E-state index contributed by atoms with van der Waals surface area (Å²) in [5.74, 6) is -0.469. The molecule has 0 radical (unpaired) electrons. The van der Waals surface area contributed by atoms with Crippen molar-refractivity contribution in [3.8, 4) is 5.75 Å². The van der Waals surface area contributed by atoms with Crippen LogP contribution in [0.2, 0.25) is 15.1 Å². The summed E-state index contributed by atoms with van der Waals surface area (Å²) in [7, 11) is 0. The van der Waals surface area contributed by atoms with Gasteiger partial charge in [-0.2, -0.15) is 0 Å². The van der Waals surface area contributed by atoms with Crippen LogP contribution in [0.3, 0.4) is 0 Å². The Morgan fingerprint density at radius 2 is 1.80 bits per heavy atom. The number of carbonyl (C=O) groups is 2. The molecule has 8 heteroatoms. The van der Waals surface area contributed by atoms with Crippen LogP contribution in [0.5, 0.6) is 5.75 Å². The second kappa shape index (κ2) is 8.19. The fourth-order valence-electron chi connectivity index (χ4n) is 1.30. The number of amides is 2. The van der Waals surface area contributed by atoms with Crippen molar-refractivity contribution in [1.82, 2.24) is 5.32 Å². The molecule has 110 valence electrons. The van der Waals surface area contributed by atoms with Crippen LogP contribution in [-0.4, -0.2) is 25.0 Å². The highest BCUT2D eigenvalue weighted by molar-refractivity contribution is 6.43. The third-order valence-electron chi connectivity index (χ3n) is 2.26. The smallest absolute Gasteiger partial charge is 0.257 e. The maximum atomic E-state index is 11.5. The number of hydrogen-bond donors (Lipinski definition) is 2. The first-order chi connectivity index (χ1) is 9.40. The van der Waals surface area contributed by atoms with Gasteiger partial charge in [-0.1, -0.05) is 34.8 Å². The molecule has 1 aromatic rings. The summed E-state index contributed by atoms with van der Waals surface area (Å²) in [6.07, 6.45) is 0.703. The minimum atomic E-state index is -0.405. The van der Waals surface area contributed by atoms with Gasteiger partial charge >= 0.3 is 0 Å². The summed E-state index contributed by atoms with van der Waals surface area (Å²) in [6.45, 7) is 0.133. The van der Waals surface area contributed by atoms with Gasteiger partial charge in [-0.05, 0) is 12.5 Å². The Morgan fingerprint density at radius 3 is 2.45 bits per heavy atom. The van der Waals surface area contributed by atoms with Crippen molar-refractivity contribution >= 4 is 46.6 Å². The van der Waals surface area contributed by atoms with E-state index in [1.807, 2.05) is 0 Å². The molecule has 0 aliphatic rings. The Labute approximate surface area is 131 Å². The molecule has 1 aromatic carbocycles. The molecule has 1 rings (SSSR count). The minimum Gasteiger partial charge on any atom is -0.482 e. The van der Waals surface area contributed by atoms with E-state index in [0.717, 1.165) is 0 Å². The molecule has 0 aliphatic carbocycles. The second-order valence-electron chi connectivity index (χ2n) is 3.91. The SMILES string of the molecule is NC(=O)CCCNC(=O)COc1cc(Cl)c(Cl)cc1Cl. The van der Waals surface area contributed by atoms with E-state index in [1.165, 1.54) is 12.1 Å². The summed E-state index contributed by atoms with van der Waals surface area (Å²) >= 11 is 17.5. The Morgan fingerprint density at radius 1 is 1.15 bits per heavy atom. The molecule has 2 amide bonds. The largest absolute Gasteiger partial charge is 0.482 e. The van der Waals surface area contributed by atoms with E-state index >= 15 is 0 Å². The molecular weight excluding hydrogens is 327 g/mol. The number of ether oxygens (including phenoxy) is 1. The Bertz CT molecular complexity index is 509. The number of halogens is 3. The number of rotatable bonds is 7. The fraction of sp³-hybridized carbons (Fsp3) is 0.333. The van der Waals surface area contributed by atoms with Crippen molar-refractivity contribution in [2.45, 2.75) is 12.8 Å². The molecule has 0 saturated heterocycles. The molecule has 5 nitrogen and oxygen atoms in total. The quantitative estimate of drug-likeness (QED) is 0.591. The van der Waals surface area contributed by atoms with E-state index in [2.05, 4.69) is 5.32 Å². The van der Waals surface area contributed by atoms with Crippen molar-refractivity contribution in [3.63, 3.8) is 0 Å². The standard InChI is InChI=1S/C12H13Cl3N2O3/c13-7-4-9(15)10(5-8(7)14)20-6-12(19)17-3-1-2-11(16)18/h4-5H,1-3,6H2,(H2,16,18)(H,17,19). The predicted molar refractivity (Wildman–Crippen MR) is 78.4 cm³/mol. The third kappa shape index (κ3) is 5.86. The van der Waals surface area contributed by atoms with Crippen LogP contribution in [0, 0.1) is 0 Å². The lowest BCUT2D eigenvalue weighted by molar-refractivity contribution is -0.123. The van der Waals surface area contributed by atoms with Crippen molar-refractivity contribution in [2.24, 2.45) is 5.73 Å². The van der Waals surface area contributed by atoms with Crippen LogP contribution >= 0.6 is 34.8 Å². The third-order valence-corrected chi connectivity index (χ3v) is 3.27. The molecule has 0 aliphatic heterocycles. The van der Waals surface area contributed by atoms with Crippen LogP contribution in [-0.2, 0) is 9.59 Å². The summed E-state index contributed by atoms with van der Waals surface area (Å²) in [4.78, 5) is 22.0. The molecule has 20 heavy (non-hydrogen) atoms. The van der Waals surface area contributed by atoms with E-state index in [9.17, 15) is 9.59 Å². The highest BCUT2D eigenvalue weighted by atomic mass is 35.5. The number of hydrogen-bond acceptors (Lipinski definition) is 3. The van der Waals surface area contributed by atoms with Crippen molar-refractivity contribution < 1.29 is 14.3 Å². The summed E-state index contributed by atoms with van der Waals surface area (Å²) in [5.41, 5.74) is 4.97. The maximum Gasteiger partial charge on any atom is 0.257 e. The first-order valence-corrected chi connectivity index (χ1v) is 6.86. The number of nitrogens with one attached hydrogen (secondary N) is 1. The average molecular weight is 340 g/mol. The molecule has 0 aromatic heterocycles. The van der Waals surface area contributed by atoms with Crippen molar-refractivity contribution in [1.29, 1.82) is 0 Å². The van der Waals surface area contributed by atoms with Gasteiger partial charge in [0.15, 0.2) is 6.61 Å². The van der Waals surface area contributed by atoms with Crippen molar-refractivity contribution in [3.05, 3.63) is 27.2 Å². The lowest BCUT2D eigenvalue weighted by Gasteiger charge is -2.09. The molecule has 0 fully saturated rings. The topological polar surface area (TPSA) is 81.4 Å². The van der Waals surface area contributed by atoms with Gasteiger partial charge in [-0.3, -0.25) is 9.59 Å². The van der Waals surface area contributed by atoms with Crippen molar-refractivity contribution in [2.75, 3.05) is 13.2 Å².